The molecule has 110 valence electrons. The van der Waals surface area contributed by atoms with E-state index in [-0.39, 0.29) is 11.8 Å². The Balaban J connectivity index is 2.45. The molecule has 1 aromatic rings. The standard InChI is InChI=1S/C14H22N4O2/c1-11(19)16-13-7-5-12(6-8-13)14(20)15-9-10-18(4)17(2)3/h5-8H,9-10H2,1-4H3,(H,15,20)(H,16,19). The summed E-state index contributed by atoms with van der Waals surface area (Å²) >= 11 is 0. The van der Waals surface area contributed by atoms with Gasteiger partial charge in [-0.3, -0.25) is 9.59 Å². The number of anilines is 1. The van der Waals surface area contributed by atoms with E-state index >= 15 is 0 Å². The van der Waals surface area contributed by atoms with Gasteiger partial charge >= 0.3 is 0 Å². The molecule has 0 heterocycles. The van der Waals surface area contributed by atoms with E-state index in [1.807, 2.05) is 31.2 Å². The Morgan fingerprint density at radius 2 is 1.70 bits per heavy atom. The smallest absolute Gasteiger partial charge is 0.251 e. The number of hydrogen-bond donors (Lipinski definition) is 2. The molecule has 0 saturated heterocycles. The number of rotatable bonds is 6. The van der Waals surface area contributed by atoms with E-state index < -0.39 is 0 Å². The number of hydrazine groups is 1. The third-order valence-corrected chi connectivity index (χ3v) is 2.87. The highest BCUT2D eigenvalue weighted by molar-refractivity contribution is 5.95. The summed E-state index contributed by atoms with van der Waals surface area (Å²) in [6, 6.07) is 6.80. The Hall–Kier alpha value is -1.92. The zero-order valence-corrected chi connectivity index (χ0v) is 12.4. The van der Waals surface area contributed by atoms with Gasteiger partial charge in [0.15, 0.2) is 0 Å². The molecule has 0 aromatic heterocycles. The maximum absolute atomic E-state index is 11.9. The largest absolute Gasteiger partial charge is 0.351 e. The fourth-order valence-corrected chi connectivity index (χ4v) is 1.54. The molecule has 0 bridgehead atoms. The van der Waals surface area contributed by atoms with Crippen molar-refractivity contribution < 1.29 is 9.59 Å². The number of carbonyl (C=O) groups excluding carboxylic acids is 2. The molecule has 0 spiro atoms. The first-order valence-electron chi connectivity index (χ1n) is 6.44. The van der Waals surface area contributed by atoms with E-state index in [0.29, 0.717) is 17.8 Å². The molecule has 0 radical (unpaired) electrons. The van der Waals surface area contributed by atoms with Crippen LogP contribution in [0.15, 0.2) is 24.3 Å². The molecule has 0 atom stereocenters. The zero-order chi connectivity index (χ0) is 15.1. The Labute approximate surface area is 119 Å². The SMILES string of the molecule is CC(=O)Nc1ccc(C(=O)NCCN(C)N(C)C)cc1. The van der Waals surface area contributed by atoms with Gasteiger partial charge in [0, 0.05) is 52.4 Å². The van der Waals surface area contributed by atoms with Crippen LogP contribution in [0.2, 0.25) is 0 Å². The average molecular weight is 278 g/mol. The third-order valence-electron chi connectivity index (χ3n) is 2.87. The van der Waals surface area contributed by atoms with Crippen LogP contribution in [0.4, 0.5) is 5.69 Å². The van der Waals surface area contributed by atoms with Crippen LogP contribution in [0.5, 0.6) is 0 Å². The Kier molecular flexibility index (Phi) is 6.14. The van der Waals surface area contributed by atoms with Gasteiger partial charge in [-0.1, -0.05) is 0 Å². The number of nitrogens with zero attached hydrogens (tertiary/aromatic N) is 2. The van der Waals surface area contributed by atoms with Gasteiger partial charge in [0.05, 0.1) is 0 Å². The van der Waals surface area contributed by atoms with Crippen LogP contribution in [0.1, 0.15) is 17.3 Å². The summed E-state index contributed by atoms with van der Waals surface area (Å²) in [7, 11) is 5.85. The summed E-state index contributed by atoms with van der Waals surface area (Å²) in [5, 5.41) is 9.46. The summed E-state index contributed by atoms with van der Waals surface area (Å²) in [5.74, 6) is -0.250. The Bertz CT molecular complexity index is 457. The lowest BCUT2D eigenvalue weighted by atomic mass is 10.2. The molecule has 0 aliphatic heterocycles. The first-order chi connectivity index (χ1) is 9.40. The fourth-order valence-electron chi connectivity index (χ4n) is 1.54. The molecule has 0 unspecified atom stereocenters. The molecule has 2 N–H and O–H groups in total. The normalized spacial score (nSPS) is 10.7. The molecule has 0 aliphatic rings. The number of carbonyl (C=O) groups is 2. The van der Waals surface area contributed by atoms with E-state index in [0.717, 1.165) is 6.54 Å². The van der Waals surface area contributed by atoms with Gasteiger partial charge in [0.1, 0.15) is 0 Å². The summed E-state index contributed by atoms with van der Waals surface area (Å²) in [5.41, 5.74) is 1.26. The minimum Gasteiger partial charge on any atom is -0.351 e. The van der Waals surface area contributed by atoms with Gasteiger partial charge in [-0.15, -0.1) is 0 Å². The lowest BCUT2D eigenvalue weighted by Crippen LogP contribution is -2.39. The summed E-state index contributed by atoms with van der Waals surface area (Å²) in [6.45, 7) is 2.76. The topological polar surface area (TPSA) is 64.7 Å². The van der Waals surface area contributed by atoms with Crippen LogP contribution in [0.3, 0.4) is 0 Å². The lowest BCUT2D eigenvalue weighted by Gasteiger charge is -2.23. The fraction of sp³-hybridized carbons (Fsp3) is 0.429. The molecule has 0 saturated carbocycles. The van der Waals surface area contributed by atoms with Crippen LogP contribution in [0, 0.1) is 0 Å². The molecule has 0 aliphatic carbocycles. The van der Waals surface area contributed by atoms with Gasteiger partial charge < -0.3 is 10.6 Å². The summed E-state index contributed by atoms with van der Waals surface area (Å²) < 4.78 is 0. The van der Waals surface area contributed by atoms with E-state index in [1.165, 1.54) is 6.92 Å². The van der Waals surface area contributed by atoms with Crippen molar-refractivity contribution in [2.24, 2.45) is 0 Å². The van der Waals surface area contributed by atoms with E-state index in [9.17, 15) is 9.59 Å². The molecule has 0 fully saturated rings. The highest BCUT2D eigenvalue weighted by Crippen LogP contribution is 2.09. The molecule has 6 nitrogen and oxygen atoms in total. The van der Waals surface area contributed by atoms with Crippen LogP contribution < -0.4 is 10.6 Å². The maximum atomic E-state index is 11.9. The number of amides is 2. The maximum Gasteiger partial charge on any atom is 0.251 e. The predicted molar refractivity (Wildman–Crippen MR) is 79.4 cm³/mol. The second-order valence-corrected chi connectivity index (χ2v) is 4.74. The van der Waals surface area contributed by atoms with Crippen molar-refractivity contribution in [1.82, 2.24) is 15.3 Å². The van der Waals surface area contributed by atoms with Crippen molar-refractivity contribution in [3.05, 3.63) is 29.8 Å². The highest BCUT2D eigenvalue weighted by atomic mass is 16.2. The number of benzene rings is 1. The number of hydrogen-bond acceptors (Lipinski definition) is 4. The Morgan fingerprint density at radius 3 is 2.20 bits per heavy atom. The number of nitrogens with one attached hydrogen (secondary N) is 2. The second kappa shape index (κ2) is 7.62. The van der Waals surface area contributed by atoms with Gasteiger partial charge in [-0.05, 0) is 24.3 Å². The van der Waals surface area contributed by atoms with Gasteiger partial charge in [0.25, 0.3) is 5.91 Å². The van der Waals surface area contributed by atoms with Crippen molar-refractivity contribution in [1.29, 1.82) is 0 Å². The van der Waals surface area contributed by atoms with Gasteiger partial charge in [-0.25, -0.2) is 10.0 Å². The van der Waals surface area contributed by atoms with Gasteiger partial charge in [-0.2, -0.15) is 0 Å². The molecule has 20 heavy (non-hydrogen) atoms. The zero-order valence-electron chi connectivity index (χ0n) is 12.4. The molecule has 6 heteroatoms. The van der Waals surface area contributed by atoms with Crippen LogP contribution in [-0.2, 0) is 4.79 Å². The van der Waals surface area contributed by atoms with Crippen molar-refractivity contribution in [2.75, 3.05) is 39.5 Å². The molecular weight excluding hydrogens is 256 g/mol. The minimum atomic E-state index is -0.131. The van der Waals surface area contributed by atoms with Gasteiger partial charge in [0.2, 0.25) is 5.91 Å². The van der Waals surface area contributed by atoms with Crippen molar-refractivity contribution >= 4 is 17.5 Å². The minimum absolute atomic E-state index is 0.119. The third kappa shape index (κ3) is 5.38. The van der Waals surface area contributed by atoms with Crippen molar-refractivity contribution in [3.63, 3.8) is 0 Å². The average Bonchev–Trinajstić information content (AvgIpc) is 2.38. The first-order valence-corrected chi connectivity index (χ1v) is 6.44. The highest BCUT2D eigenvalue weighted by Gasteiger charge is 2.06. The second-order valence-electron chi connectivity index (χ2n) is 4.74. The van der Waals surface area contributed by atoms with Crippen LogP contribution >= 0.6 is 0 Å². The molecular formula is C14H22N4O2. The quantitative estimate of drug-likeness (QED) is 0.755. The summed E-state index contributed by atoms with van der Waals surface area (Å²) in [4.78, 5) is 22.8. The van der Waals surface area contributed by atoms with Crippen LogP contribution in [0.25, 0.3) is 0 Å². The first kappa shape index (κ1) is 16.1. The van der Waals surface area contributed by atoms with E-state index in [2.05, 4.69) is 10.6 Å². The van der Waals surface area contributed by atoms with Crippen molar-refractivity contribution in [2.45, 2.75) is 6.92 Å². The Morgan fingerprint density at radius 1 is 1.10 bits per heavy atom. The monoisotopic (exact) mass is 278 g/mol. The number of likely N-dealkylation sites (N-methyl/N-ethyl adjacent to an activating group) is 1. The molecule has 2 amide bonds. The van der Waals surface area contributed by atoms with Crippen molar-refractivity contribution in [3.8, 4) is 0 Å². The predicted octanol–water partition coefficient (Wildman–Crippen LogP) is 0.783. The van der Waals surface area contributed by atoms with Crippen LogP contribution in [-0.4, -0.2) is 56.1 Å². The van der Waals surface area contributed by atoms with E-state index in [1.54, 1.807) is 24.3 Å². The summed E-state index contributed by atoms with van der Waals surface area (Å²) in [6.07, 6.45) is 0. The molecule has 1 rings (SSSR count). The van der Waals surface area contributed by atoms with E-state index in [4.69, 9.17) is 0 Å². The lowest BCUT2D eigenvalue weighted by molar-refractivity contribution is -0.114. The molecule has 1 aromatic carbocycles.